The largest absolute Gasteiger partial charge is 0.481 e. The molecule has 2 aromatic rings. The Kier molecular flexibility index (Phi) is 8.31. The molecule has 208 valence electrons. The van der Waals surface area contributed by atoms with Crippen molar-refractivity contribution < 1.29 is 38.9 Å². The van der Waals surface area contributed by atoms with Crippen molar-refractivity contribution in [3.63, 3.8) is 0 Å². The Morgan fingerprint density at radius 1 is 1.31 bits per heavy atom. The van der Waals surface area contributed by atoms with E-state index in [9.17, 15) is 34.2 Å². The summed E-state index contributed by atoms with van der Waals surface area (Å²) in [6.07, 6.45) is -0.447. The van der Waals surface area contributed by atoms with Crippen LogP contribution in [0.25, 0.3) is 0 Å². The number of thiophene rings is 1. The van der Waals surface area contributed by atoms with Crippen LogP contribution in [0.2, 0.25) is 0 Å². The Morgan fingerprint density at radius 2 is 2.05 bits per heavy atom. The Hall–Kier alpha value is -3.44. The number of H-pyrrole nitrogens is 1. The van der Waals surface area contributed by atoms with Crippen LogP contribution in [-0.2, 0) is 28.7 Å². The van der Waals surface area contributed by atoms with E-state index >= 15 is 0 Å². The molecule has 2 aliphatic rings. The number of β-lactam (4-membered cyclic amide) rings is 1. The van der Waals surface area contributed by atoms with E-state index in [-0.39, 0.29) is 22.2 Å². The minimum Gasteiger partial charge on any atom is -0.481 e. The fraction of sp³-hybridized carbons (Fsp3) is 0.455. The second-order valence-electron chi connectivity index (χ2n) is 9.46. The van der Waals surface area contributed by atoms with Gasteiger partial charge in [0.05, 0.1) is 6.42 Å². The lowest BCUT2D eigenvalue weighted by atomic mass is 9.99. The molecule has 17 heteroatoms. The number of carbonyl (C=O) groups is 5. The number of carbonyl (C=O) groups excluding carboxylic acids is 3. The summed E-state index contributed by atoms with van der Waals surface area (Å²) < 4.78 is 5.43. The summed E-state index contributed by atoms with van der Waals surface area (Å²) in [6.45, 7) is 5.02. The SMILES string of the molecule is CC(C)(C)OC(=O)C(C(=O)NC1C(=O)N2C(C(=O)O)=C(C(CC(=O)O)Sc3nn[nH]n3)CS[C@H]12)c1cccs1. The number of amides is 2. The number of thioether (sulfide) groups is 2. The van der Waals surface area contributed by atoms with Crippen LogP contribution in [0.4, 0.5) is 0 Å². The first-order chi connectivity index (χ1) is 18.4. The average Bonchev–Trinajstić information content (AvgIpc) is 3.54. The van der Waals surface area contributed by atoms with Gasteiger partial charge in [0.1, 0.15) is 22.7 Å². The zero-order valence-electron chi connectivity index (χ0n) is 20.8. The van der Waals surface area contributed by atoms with Crippen molar-refractivity contribution in [3.8, 4) is 0 Å². The Bertz CT molecular complexity index is 1310. The maximum atomic E-state index is 13.3. The smallest absolute Gasteiger partial charge is 0.352 e. The number of fused-ring (bicyclic) bond motifs is 1. The second-order valence-corrected chi connectivity index (χ2v) is 12.7. The van der Waals surface area contributed by atoms with Gasteiger partial charge in [0, 0.05) is 15.9 Å². The lowest BCUT2D eigenvalue weighted by Gasteiger charge is -2.50. The van der Waals surface area contributed by atoms with Crippen LogP contribution in [0.5, 0.6) is 0 Å². The molecule has 0 saturated carbocycles. The topological polar surface area (TPSA) is 205 Å². The van der Waals surface area contributed by atoms with Gasteiger partial charge in [-0.1, -0.05) is 17.8 Å². The van der Waals surface area contributed by atoms with Crippen molar-refractivity contribution >= 4 is 64.6 Å². The number of aromatic amines is 1. The van der Waals surface area contributed by atoms with E-state index in [1.54, 1.807) is 38.3 Å². The minimum atomic E-state index is -1.41. The first-order valence-corrected chi connectivity index (χ1v) is 14.3. The number of carboxylic acids is 2. The van der Waals surface area contributed by atoms with Crippen molar-refractivity contribution in [2.24, 2.45) is 0 Å². The van der Waals surface area contributed by atoms with Crippen molar-refractivity contribution in [3.05, 3.63) is 33.7 Å². The first kappa shape index (κ1) is 28.6. The average molecular weight is 597 g/mol. The molecule has 2 amide bonds. The number of nitrogens with one attached hydrogen (secondary N) is 2. The monoisotopic (exact) mass is 596 g/mol. The van der Waals surface area contributed by atoms with Gasteiger partial charge in [-0.05, 0) is 43.0 Å². The highest BCUT2D eigenvalue weighted by molar-refractivity contribution is 8.01. The first-order valence-electron chi connectivity index (χ1n) is 11.5. The molecule has 4 N–H and O–H groups in total. The maximum absolute atomic E-state index is 13.3. The molecule has 39 heavy (non-hydrogen) atoms. The van der Waals surface area contributed by atoms with Gasteiger partial charge >= 0.3 is 17.9 Å². The van der Waals surface area contributed by atoms with Crippen LogP contribution < -0.4 is 5.32 Å². The van der Waals surface area contributed by atoms with Crippen LogP contribution >= 0.6 is 34.9 Å². The lowest BCUT2D eigenvalue weighted by Crippen LogP contribution is -2.71. The summed E-state index contributed by atoms with van der Waals surface area (Å²) in [5.74, 6) is -6.03. The number of ether oxygens (including phenoxy) is 1. The van der Waals surface area contributed by atoms with Crippen molar-refractivity contribution in [1.29, 1.82) is 0 Å². The number of rotatable bonds is 10. The molecule has 0 aliphatic carbocycles. The molecule has 2 aromatic heterocycles. The molecule has 1 fully saturated rings. The molecule has 0 aromatic carbocycles. The molecule has 4 atom stereocenters. The maximum Gasteiger partial charge on any atom is 0.352 e. The third kappa shape index (κ3) is 6.25. The van der Waals surface area contributed by atoms with E-state index < -0.39 is 64.3 Å². The van der Waals surface area contributed by atoms with Crippen LogP contribution in [0.15, 0.2) is 33.9 Å². The van der Waals surface area contributed by atoms with Gasteiger partial charge in [0.15, 0.2) is 5.92 Å². The van der Waals surface area contributed by atoms with Gasteiger partial charge in [0.25, 0.3) is 5.91 Å². The summed E-state index contributed by atoms with van der Waals surface area (Å²) >= 11 is 3.28. The summed E-state index contributed by atoms with van der Waals surface area (Å²) in [7, 11) is 0. The molecule has 0 spiro atoms. The van der Waals surface area contributed by atoms with E-state index in [1.807, 2.05) is 0 Å². The fourth-order valence-corrected chi connectivity index (χ4v) is 7.36. The Labute approximate surface area is 233 Å². The zero-order chi connectivity index (χ0) is 28.5. The Balaban J connectivity index is 1.57. The van der Waals surface area contributed by atoms with Gasteiger partial charge in [0.2, 0.25) is 11.1 Å². The zero-order valence-corrected chi connectivity index (χ0v) is 23.3. The van der Waals surface area contributed by atoms with Gasteiger partial charge in [-0.15, -0.1) is 33.3 Å². The Morgan fingerprint density at radius 3 is 2.62 bits per heavy atom. The molecule has 0 bridgehead atoms. The number of nitrogens with zero attached hydrogens (tertiary/aromatic N) is 4. The number of esters is 1. The van der Waals surface area contributed by atoms with E-state index in [1.165, 1.54) is 23.1 Å². The number of aliphatic carboxylic acids is 2. The van der Waals surface area contributed by atoms with Crippen LogP contribution in [0.1, 0.15) is 38.0 Å². The molecule has 14 nitrogen and oxygen atoms in total. The van der Waals surface area contributed by atoms with E-state index in [2.05, 4.69) is 25.9 Å². The normalized spacial score (nSPS) is 20.5. The molecule has 0 radical (unpaired) electrons. The predicted octanol–water partition coefficient (Wildman–Crippen LogP) is 1.06. The number of carboxylic acid groups (broad SMARTS) is 2. The predicted molar refractivity (Wildman–Crippen MR) is 139 cm³/mol. The molecule has 2 aliphatic heterocycles. The third-order valence-corrected chi connectivity index (χ3v) is 8.91. The van der Waals surface area contributed by atoms with Gasteiger partial charge in [-0.25, -0.2) is 4.79 Å². The van der Waals surface area contributed by atoms with Crippen molar-refractivity contribution in [2.45, 2.75) is 60.5 Å². The highest BCUT2D eigenvalue weighted by atomic mass is 32.2. The fourth-order valence-electron chi connectivity index (χ4n) is 4.02. The van der Waals surface area contributed by atoms with Crippen LogP contribution in [0, 0.1) is 0 Å². The number of hydrogen-bond donors (Lipinski definition) is 4. The van der Waals surface area contributed by atoms with Gasteiger partial charge in [-0.3, -0.25) is 24.1 Å². The standard InChI is InChI=1S/C22H24N6O8S3/c1-22(2,3)36-20(35)13(10-5-4-6-37-10)16(31)23-14-17(32)28-15(19(33)34)9(8-38-18(14)28)11(7-12(29)30)39-21-24-26-27-25-21/h4-6,11,13-14,18H,7-8H2,1-3H3,(H,23,31)(H,29,30)(H,33,34)(H,24,25,26,27)/t11?,13?,14?,18-/m1/s1. The summed E-state index contributed by atoms with van der Waals surface area (Å²) in [5.41, 5.74) is -0.985. The second kappa shape index (κ2) is 11.4. The quantitative estimate of drug-likeness (QED) is 0.131. The van der Waals surface area contributed by atoms with E-state index in [0.29, 0.717) is 4.88 Å². The summed E-state index contributed by atoms with van der Waals surface area (Å²) in [5, 5.41) is 35.5. The number of hydrogen-bond acceptors (Lipinski definition) is 12. The van der Waals surface area contributed by atoms with E-state index in [4.69, 9.17) is 4.74 Å². The molecule has 3 unspecified atom stereocenters. The molecular weight excluding hydrogens is 572 g/mol. The molecule has 4 rings (SSSR count). The van der Waals surface area contributed by atoms with Crippen LogP contribution in [-0.4, -0.2) is 93.5 Å². The highest BCUT2D eigenvalue weighted by Crippen LogP contribution is 2.44. The highest BCUT2D eigenvalue weighted by Gasteiger charge is 2.55. The van der Waals surface area contributed by atoms with E-state index in [0.717, 1.165) is 16.7 Å². The minimum absolute atomic E-state index is 0.0751. The number of tetrazole rings is 1. The van der Waals surface area contributed by atoms with Gasteiger partial charge < -0.3 is 20.3 Å². The summed E-state index contributed by atoms with van der Waals surface area (Å²) in [4.78, 5) is 64.7. The summed E-state index contributed by atoms with van der Waals surface area (Å²) in [6, 6.07) is 2.21. The molecular formula is C22H24N6O8S3. The molecule has 1 saturated heterocycles. The van der Waals surface area contributed by atoms with Crippen molar-refractivity contribution in [1.82, 2.24) is 30.8 Å². The van der Waals surface area contributed by atoms with Crippen LogP contribution in [0.3, 0.4) is 0 Å². The van der Waals surface area contributed by atoms with Gasteiger partial charge in [-0.2, -0.15) is 5.21 Å². The van der Waals surface area contributed by atoms with Crippen molar-refractivity contribution in [2.75, 3.05) is 5.75 Å². The number of aromatic nitrogens is 4. The lowest BCUT2D eigenvalue weighted by molar-refractivity contribution is -0.160. The third-order valence-electron chi connectivity index (χ3n) is 5.55. The molecule has 4 heterocycles.